The van der Waals surface area contributed by atoms with Crippen molar-refractivity contribution >= 4 is 6.71 Å². The quantitative estimate of drug-likeness (QED) is 0.310. The van der Waals surface area contributed by atoms with E-state index in [0.29, 0.717) is 5.41 Å². The van der Waals surface area contributed by atoms with Gasteiger partial charge in [0.25, 0.3) is 0 Å². The lowest BCUT2D eigenvalue weighted by molar-refractivity contribution is -0.143. The lowest BCUT2D eigenvalue weighted by Crippen LogP contribution is -2.80. The monoisotopic (exact) mass is 400 g/mol. The van der Waals surface area contributed by atoms with Gasteiger partial charge in [0.1, 0.15) is 0 Å². The zero-order valence-electron chi connectivity index (χ0n) is 19.5. The molecule has 0 aromatic heterocycles. The summed E-state index contributed by atoms with van der Waals surface area (Å²) in [5.41, 5.74) is 4.73. The van der Waals surface area contributed by atoms with Crippen molar-refractivity contribution in [1.29, 1.82) is 0 Å². The molecule has 9 saturated carbocycles. The van der Waals surface area contributed by atoms with Gasteiger partial charge >= 0.3 is 0 Å². The number of hydrogen-bond donors (Lipinski definition) is 0. The fourth-order valence-electron chi connectivity index (χ4n) is 15.6. The molecule has 0 nitrogen and oxygen atoms in total. The van der Waals surface area contributed by atoms with Gasteiger partial charge in [0.05, 0.1) is 0 Å². The first-order valence-corrected chi connectivity index (χ1v) is 14.2. The van der Waals surface area contributed by atoms with Crippen molar-refractivity contribution in [1.82, 2.24) is 0 Å². The molecule has 0 amide bonds. The van der Waals surface area contributed by atoms with Gasteiger partial charge in [-0.15, -0.1) is 0 Å². The van der Waals surface area contributed by atoms with Crippen molar-refractivity contribution < 1.29 is 0 Å². The highest BCUT2D eigenvalue weighted by Gasteiger charge is 2.90. The molecule has 0 N–H and O–H groups in total. The topological polar surface area (TPSA) is 0 Å². The first kappa shape index (κ1) is 17.3. The first-order valence-electron chi connectivity index (χ1n) is 14.2. The standard InChI is InChI=1S/C29H41B/c1-17-3-24-16-27(10-17)29(18(24)2)25-8-22-7-23(9-25)15-28(29,14-22)30(27)26-11-19-4-20(12-26)6-21(5-19)13-26/h17,19-23,25H,3-16H2,1-2H3. The predicted octanol–water partition coefficient (Wildman–Crippen LogP) is 7.92. The Labute approximate surface area is 184 Å². The van der Waals surface area contributed by atoms with Crippen LogP contribution in [0.2, 0.25) is 15.9 Å². The number of fused-ring (bicyclic) bond motifs is 1. The largest absolute Gasteiger partial charge is 0.162 e. The van der Waals surface area contributed by atoms with E-state index in [4.69, 9.17) is 0 Å². The molecule has 1 heterocycles. The van der Waals surface area contributed by atoms with Crippen molar-refractivity contribution in [2.75, 3.05) is 0 Å². The SMILES string of the molecule is CC1=C2CC(C)CC3(C2)B(C24CC5CC(CC(C5)C2)C4)C24CC5CC(CC(C5)C132)C4. The predicted molar refractivity (Wildman–Crippen MR) is 124 cm³/mol. The van der Waals surface area contributed by atoms with Gasteiger partial charge in [0.2, 0.25) is 0 Å². The van der Waals surface area contributed by atoms with Crippen LogP contribution in [0.5, 0.6) is 0 Å². The summed E-state index contributed by atoms with van der Waals surface area (Å²) in [6, 6.07) is 0. The molecule has 3 spiro atoms. The van der Waals surface area contributed by atoms with E-state index < -0.39 is 0 Å². The average Bonchev–Trinajstić information content (AvgIpc) is 2.79. The smallest absolute Gasteiger partial charge is 0.0706 e. The van der Waals surface area contributed by atoms with Crippen LogP contribution in [-0.2, 0) is 0 Å². The third-order valence-corrected chi connectivity index (χ3v) is 14.2. The van der Waals surface area contributed by atoms with Crippen LogP contribution in [0.4, 0.5) is 0 Å². The summed E-state index contributed by atoms with van der Waals surface area (Å²) in [7, 11) is 0. The Morgan fingerprint density at radius 1 is 0.700 bits per heavy atom. The normalized spacial score (nSPS) is 65.8. The minimum absolute atomic E-state index is 0.696. The summed E-state index contributed by atoms with van der Waals surface area (Å²) in [4.78, 5) is 0. The molecule has 11 rings (SSSR count). The molecule has 10 aliphatic carbocycles. The second-order valence-corrected chi connectivity index (χ2v) is 15.3. The Kier molecular flexibility index (Phi) is 2.79. The fraction of sp³-hybridized carbons (Fsp3) is 0.931. The number of allylic oxidation sites excluding steroid dienone is 2. The summed E-state index contributed by atoms with van der Waals surface area (Å²) >= 11 is 0. The molecule has 10 fully saturated rings. The molecular formula is C29H41B. The molecule has 0 aromatic carbocycles. The molecule has 1 saturated heterocycles. The maximum Gasteiger partial charge on any atom is 0.162 e. The Balaban J connectivity index is 1.29. The summed E-state index contributed by atoms with van der Waals surface area (Å²) < 4.78 is 0. The van der Waals surface area contributed by atoms with E-state index in [1.54, 1.807) is 83.5 Å². The second kappa shape index (κ2) is 4.84. The van der Waals surface area contributed by atoms with Crippen LogP contribution in [0.15, 0.2) is 11.1 Å². The molecule has 160 valence electrons. The lowest BCUT2D eigenvalue weighted by atomic mass is 8.92. The van der Waals surface area contributed by atoms with Crippen LogP contribution in [-0.4, -0.2) is 6.71 Å². The summed E-state index contributed by atoms with van der Waals surface area (Å²) in [5.74, 6) is 7.70. The highest BCUT2D eigenvalue weighted by molar-refractivity contribution is 6.74. The number of hydrogen-bond acceptors (Lipinski definition) is 0. The molecule has 0 aromatic rings. The Bertz CT molecular complexity index is 847. The van der Waals surface area contributed by atoms with Crippen LogP contribution in [0.3, 0.4) is 0 Å². The van der Waals surface area contributed by atoms with Gasteiger partial charge < -0.3 is 0 Å². The minimum atomic E-state index is 0.696. The maximum atomic E-state index is 2.70. The van der Waals surface area contributed by atoms with Gasteiger partial charge in [0, 0.05) is 0 Å². The van der Waals surface area contributed by atoms with Gasteiger partial charge in [0.15, 0.2) is 6.71 Å². The molecule has 5 atom stereocenters. The van der Waals surface area contributed by atoms with Gasteiger partial charge in [-0.3, -0.25) is 0 Å². The average molecular weight is 400 g/mol. The van der Waals surface area contributed by atoms with Crippen molar-refractivity contribution in [3.8, 4) is 0 Å². The molecule has 1 heteroatoms. The second-order valence-electron chi connectivity index (χ2n) is 15.3. The first-order chi connectivity index (χ1) is 14.5. The summed E-state index contributed by atoms with van der Waals surface area (Å²) in [6.07, 6.45) is 22.8. The van der Waals surface area contributed by atoms with E-state index in [9.17, 15) is 0 Å². The van der Waals surface area contributed by atoms with Crippen molar-refractivity contribution in [2.45, 2.75) is 120 Å². The zero-order chi connectivity index (χ0) is 19.7. The molecular weight excluding hydrogens is 359 g/mol. The van der Waals surface area contributed by atoms with Crippen LogP contribution < -0.4 is 0 Å². The molecule has 30 heavy (non-hydrogen) atoms. The van der Waals surface area contributed by atoms with E-state index >= 15 is 0 Å². The third kappa shape index (κ3) is 1.52. The third-order valence-electron chi connectivity index (χ3n) is 14.2. The van der Waals surface area contributed by atoms with Gasteiger partial charge in [-0.05, 0) is 121 Å². The summed E-state index contributed by atoms with van der Waals surface area (Å²) in [5, 5.41) is 2.29. The highest BCUT2D eigenvalue weighted by atomic mass is 14.8. The Hall–Kier alpha value is -0.195. The van der Waals surface area contributed by atoms with Gasteiger partial charge in [-0.1, -0.05) is 56.6 Å². The van der Waals surface area contributed by atoms with Crippen molar-refractivity contribution in [2.24, 2.45) is 46.8 Å². The van der Waals surface area contributed by atoms with E-state index in [1.165, 1.54) is 6.42 Å². The van der Waals surface area contributed by atoms with Gasteiger partial charge in [-0.25, -0.2) is 0 Å². The lowest BCUT2D eigenvalue weighted by Gasteiger charge is -2.87. The molecule has 0 radical (unpaired) electrons. The molecule has 1 aliphatic heterocycles. The van der Waals surface area contributed by atoms with Crippen LogP contribution in [0, 0.1) is 46.8 Å². The molecule has 11 aliphatic rings. The van der Waals surface area contributed by atoms with E-state index in [0.717, 1.165) is 64.1 Å². The van der Waals surface area contributed by atoms with E-state index in [2.05, 4.69) is 13.8 Å². The van der Waals surface area contributed by atoms with Crippen LogP contribution in [0.25, 0.3) is 0 Å². The zero-order valence-corrected chi connectivity index (χ0v) is 19.5. The maximum absolute atomic E-state index is 2.70. The van der Waals surface area contributed by atoms with Crippen molar-refractivity contribution in [3.05, 3.63) is 11.1 Å². The highest BCUT2D eigenvalue weighted by Crippen LogP contribution is 2.99. The van der Waals surface area contributed by atoms with Gasteiger partial charge in [-0.2, -0.15) is 0 Å². The molecule has 10 bridgehead atoms. The van der Waals surface area contributed by atoms with Crippen molar-refractivity contribution in [3.63, 3.8) is 0 Å². The molecule has 5 unspecified atom stereocenters. The van der Waals surface area contributed by atoms with Crippen LogP contribution in [0.1, 0.15) is 104 Å². The van der Waals surface area contributed by atoms with E-state index in [-0.39, 0.29) is 0 Å². The fourth-order valence-corrected chi connectivity index (χ4v) is 15.6. The van der Waals surface area contributed by atoms with Crippen LogP contribution >= 0.6 is 0 Å². The number of rotatable bonds is 1. The Morgan fingerprint density at radius 3 is 1.87 bits per heavy atom. The summed E-state index contributed by atoms with van der Waals surface area (Å²) in [6.45, 7) is 6.48. The Morgan fingerprint density at radius 2 is 1.27 bits per heavy atom. The van der Waals surface area contributed by atoms with E-state index in [1.807, 2.05) is 11.1 Å². The minimum Gasteiger partial charge on any atom is -0.0706 e.